The van der Waals surface area contributed by atoms with Gasteiger partial charge in [0.1, 0.15) is 0 Å². The van der Waals surface area contributed by atoms with Gasteiger partial charge in [0.15, 0.2) is 0 Å². The van der Waals surface area contributed by atoms with Gasteiger partial charge in [0.2, 0.25) is 0 Å². The minimum atomic E-state index is -0.136. The number of aromatic nitrogens is 1. The first-order chi connectivity index (χ1) is 10.2. The van der Waals surface area contributed by atoms with Crippen molar-refractivity contribution in [3.8, 4) is 0 Å². The fourth-order valence-corrected chi connectivity index (χ4v) is 2.81. The quantitative estimate of drug-likeness (QED) is 0.533. The molecular weight excluding hydrogens is 377 g/mol. The van der Waals surface area contributed by atoms with Gasteiger partial charge in [-0.05, 0) is 52.9 Å². The Hall–Kier alpha value is -1.73. The average molecular weight is 391 g/mol. The number of nitrogens with one attached hydrogen (secondary N) is 1. The highest BCUT2D eigenvalue weighted by molar-refractivity contribution is 14.1. The van der Waals surface area contributed by atoms with Crippen LogP contribution in [0.25, 0.3) is 21.8 Å². The largest absolute Gasteiger partial charge is 0.351 e. The normalized spacial score (nSPS) is 11.0. The van der Waals surface area contributed by atoms with E-state index in [9.17, 15) is 4.79 Å². The van der Waals surface area contributed by atoms with Gasteiger partial charge < -0.3 is 11.1 Å². The molecule has 0 fully saturated rings. The molecule has 0 aliphatic rings. The van der Waals surface area contributed by atoms with E-state index in [1.807, 2.05) is 24.3 Å². The molecule has 1 heterocycles. The van der Waals surface area contributed by atoms with Gasteiger partial charge in [0, 0.05) is 27.4 Å². The van der Waals surface area contributed by atoms with Crippen LogP contribution >= 0.6 is 22.6 Å². The van der Waals surface area contributed by atoms with Crippen LogP contribution in [0.15, 0.2) is 42.5 Å². The zero-order valence-corrected chi connectivity index (χ0v) is 13.4. The summed E-state index contributed by atoms with van der Waals surface area (Å²) in [5, 5.41) is 4.83. The molecule has 106 valence electrons. The highest BCUT2D eigenvalue weighted by atomic mass is 127. The smallest absolute Gasteiger partial charge is 0.253 e. The molecule has 1 amide bonds. The standard InChI is InChI=1S/C16H14IN3O/c17-12-4-5-14-11(9-12)8-10-2-1-3-13(15(10)20-14)16(21)19-7-6-18/h1-5,8-9H,6-7,18H2,(H,19,21). The molecule has 3 aromatic rings. The summed E-state index contributed by atoms with van der Waals surface area (Å²) in [5.74, 6) is -0.136. The van der Waals surface area contributed by atoms with Gasteiger partial charge in [-0.1, -0.05) is 12.1 Å². The molecule has 3 N–H and O–H groups in total. The van der Waals surface area contributed by atoms with Crippen LogP contribution in [0.5, 0.6) is 0 Å². The number of nitrogens with zero attached hydrogens (tertiary/aromatic N) is 1. The number of hydrogen-bond donors (Lipinski definition) is 2. The lowest BCUT2D eigenvalue weighted by molar-refractivity contribution is 0.0956. The van der Waals surface area contributed by atoms with E-state index in [1.165, 1.54) is 0 Å². The van der Waals surface area contributed by atoms with Crippen molar-refractivity contribution in [3.05, 3.63) is 51.6 Å². The molecule has 3 rings (SSSR count). The molecule has 0 aliphatic carbocycles. The maximum Gasteiger partial charge on any atom is 0.253 e. The number of rotatable bonds is 3. The van der Waals surface area contributed by atoms with Gasteiger partial charge >= 0.3 is 0 Å². The lowest BCUT2D eigenvalue weighted by atomic mass is 10.1. The van der Waals surface area contributed by atoms with Crippen molar-refractivity contribution in [3.63, 3.8) is 0 Å². The molecule has 0 radical (unpaired) electrons. The van der Waals surface area contributed by atoms with E-state index in [1.54, 1.807) is 6.07 Å². The number of hydrogen-bond acceptors (Lipinski definition) is 3. The molecule has 2 aromatic carbocycles. The Balaban J connectivity index is 2.18. The third kappa shape index (κ3) is 2.84. The van der Waals surface area contributed by atoms with E-state index < -0.39 is 0 Å². The number of nitrogens with two attached hydrogens (primary N) is 1. The number of carbonyl (C=O) groups excluding carboxylic acids is 1. The van der Waals surface area contributed by atoms with E-state index in [0.717, 1.165) is 25.4 Å². The summed E-state index contributed by atoms with van der Waals surface area (Å²) in [6, 6.07) is 13.8. The number of amides is 1. The Morgan fingerprint density at radius 2 is 2.05 bits per heavy atom. The van der Waals surface area contributed by atoms with E-state index in [0.29, 0.717) is 18.7 Å². The number of fused-ring (bicyclic) bond motifs is 2. The Labute approximate surface area is 135 Å². The molecule has 0 atom stereocenters. The zero-order valence-electron chi connectivity index (χ0n) is 11.3. The number of benzene rings is 2. The van der Waals surface area contributed by atoms with Crippen molar-refractivity contribution < 1.29 is 4.79 Å². The predicted octanol–water partition coefficient (Wildman–Crippen LogP) is 2.68. The van der Waals surface area contributed by atoms with Gasteiger partial charge in [0.25, 0.3) is 5.91 Å². The van der Waals surface area contributed by atoms with E-state index in [4.69, 9.17) is 5.73 Å². The van der Waals surface area contributed by atoms with Crippen LogP contribution in [0, 0.1) is 3.57 Å². The van der Waals surface area contributed by atoms with Crippen LogP contribution < -0.4 is 11.1 Å². The summed E-state index contributed by atoms with van der Waals surface area (Å²) < 4.78 is 1.16. The van der Waals surface area contributed by atoms with Crippen LogP contribution in [0.4, 0.5) is 0 Å². The van der Waals surface area contributed by atoms with Crippen molar-refractivity contribution >= 4 is 50.3 Å². The van der Waals surface area contributed by atoms with Crippen molar-refractivity contribution in [1.82, 2.24) is 10.3 Å². The Kier molecular flexibility index (Phi) is 4.03. The second-order valence-corrected chi connectivity index (χ2v) is 5.99. The first kappa shape index (κ1) is 14.2. The monoisotopic (exact) mass is 391 g/mol. The van der Waals surface area contributed by atoms with Crippen LogP contribution in [0.3, 0.4) is 0 Å². The minimum Gasteiger partial charge on any atom is -0.351 e. The molecule has 0 bridgehead atoms. The molecule has 0 aliphatic heterocycles. The number of halogens is 1. The second-order valence-electron chi connectivity index (χ2n) is 4.75. The molecule has 0 spiro atoms. The Morgan fingerprint density at radius 1 is 1.19 bits per heavy atom. The minimum absolute atomic E-state index is 0.136. The van der Waals surface area contributed by atoms with Crippen LogP contribution in [-0.4, -0.2) is 24.0 Å². The SMILES string of the molecule is NCCNC(=O)c1cccc2cc3cc(I)ccc3nc12. The summed E-state index contributed by atoms with van der Waals surface area (Å²) in [5.41, 5.74) is 7.62. The second kappa shape index (κ2) is 5.95. The average Bonchev–Trinajstić information content (AvgIpc) is 2.50. The molecular formula is C16H14IN3O. The van der Waals surface area contributed by atoms with E-state index >= 15 is 0 Å². The van der Waals surface area contributed by atoms with Crippen LogP contribution in [-0.2, 0) is 0 Å². The topological polar surface area (TPSA) is 68.0 Å². The lowest BCUT2D eigenvalue weighted by Crippen LogP contribution is -2.29. The molecule has 0 unspecified atom stereocenters. The van der Waals surface area contributed by atoms with Gasteiger partial charge in [-0.2, -0.15) is 0 Å². The first-order valence-corrected chi connectivity index (χ1v) is 7.74. The fourth-order valence-electron chi connectivity index (χ4n) is 2.30. The van der Waals surface area contributed by atoms with Crippen molar-refractivity contribution in [2.45, 2.75) is 0 Å². The van der Waals surface area contributed by atoms with Crippen LogP contribution in [0.1, 0.15) is 10.4 Å². The van der Waals surface area contributed by atoms with E-state index in [2.05, 4.69) is 45.0 Å². The third-order valence-corrected chi connectivity index (χ3v) is 3.95. The lowest BCUT2D eigenvalue weighted by Gasteiger charge is -2.08. The van der Waals surface area contributed by atoms with Crippen LogP contribution in [0.2, 0.25) is 0 Å². The predicted molar refractivity (Wildman–Crippen MR) is 93.4 cm³/mol. The van der Waals surface area contributed by atoms with Gasteiger partial charge in [-0.15, -0.1) is 0 Å². The van der Waals surface area contributed by atoms with Gasteiger partial charge in [0.05, 0.1) is 16.6 Å². The Bertz CT molecular complexity index is 832. The van der Waals surface area contributed by atoms with Crippen molar-refractivity contribution in [1.29, 1.82) is 0 Å². The zero-order chi connectivity index (χ0) is 14.8. The fraction of sp³-hybridized carbons (Fsp3) is 0.125. The highest BCUT2D eigenvalue weighted by Crippen LogP contribution is 2.23. The molecule has 21 heavy (non-hydrogen) atoms. The Morgan fingerprint density at radius 3 is 2.86 bits per heavy atom. The van der Waals surface area contributed by atoms with Crippen molar-refractivity contribution in [2.24, 2.45) is 5.73 Å². The van der Waals surface area contributed by atoms with Gasteiger partial charge in [-0.3, -0.25) is 4.79 Å². The summed E-state index contributed by atoms with van der Waals surface area (Å²) in [6.07, 6.45) is 0. The van der Waals surface area contributed by atoms with Crippen molar-refractivity contribution in [2.75, 3.05) is 13.1 Å². The molecule has 1 aromatic heterocycles. The summed E-state index contributed by atoms with van der Waals surface area (Å²) >= 11 is 2.28. The summed E-state index contributed by atoms with van der Waals surface area (Å²) in [4.78, 5) is 16.9. The first-order valence-electron chi connectivity index (χ1n) is 6.66. The number of carbonyl (C=O) groups is 1. The molecule has 0 saturated heterocycles. The molecule has 5 heteroatoms. The number of pyridine rings is 1. The van der Waals surface area contributed by atoms with Gasteiger partial charge in [-0.25, -0.2) is 4.98 Å². The van der Waals surface area contributed by atoms with E-state index in [-0.39, 0.29) is 5.91 Å². The highest BCUT2D eigenvalue weighted by Gasteiger charge is 2.11. The maximum absolute atomic E-state index is 12.2. The molecule has 0 saturated carbocycles. The third-order valence-electron chi connectivity index (χ3n) is 3.27. The summed E-state index contributed by atoms with van der Waals surface area (Å²) in [7, 11) is 0. The maximum atomic E-state index is 12.2. The summed E-state index contributed by atoms with van der Waals surface area (Å²) in [6.45, 7) is 0.881. The number of para-hydroxylation sites is 1. The molecule has 4 nitrogen and oxygen atoms in total.